The molecule has 6 nitrogen and oxygen atoms in total. The zero-order chi connectivity index (χ0) is 28.2. The first-order valence-electron chi connectivity index (χ1n) is 11.7. The third-order valence-corrected chi connectivity index (χ3v) is 6.57. The monoisotopic (exact) mass is 872 g/mol. The van der Waals surface area contributed by atoms with Gasteiger partial charge in [-0.1, -0.05) is 36.4 Å². The first-order valence-corrected chi connectivity index (χ1v) is 21.5. The minimum atomic E-state index is 0.821. The summed E-state index contributed by atoms with van der Waals surface area (Å²) in [7, 11) is 2.50. The van der Waals surface area contributed by atoms with Crippen molar-refractivity contribution >= 4 is 100 Å². The van der Waals surface area contributed by atoms with Crippen molar-refractivity contribution in [1.82, 2.24) is 29.5 Å². The van der Waals surface area contributed by atoms with Crippen LogP contribution in [0.2, 0.25) is 0 Å². The van der Waals surface area contributed by atoms with Crippen LogP contribution in [0.15, 0.2) is 85.5 Å². The fourth-order valence-electron chi connectivity index (χ4n) is 4.93. The summed E-state index contributed by atoms with van der Waals surface area (Å²) in [5, 5.41) is 15.6. The van der Waals surface area contributed by atoms with Gasteiger partial charge in [0.05, 0.1) is 11.0 Å². The standard InChI is InChI=1S/C28H20N6.4BrH.2Ni/c1-17-7-3-9-19-21-15-24-22(16-23(21)27(31-25(17)19)33-13-5-11-29-33)20-10-4-8-18(2)26(20)32-28(24)34-14-6-12-30-34;;;;;;/h3-16H,1-2H3;4*1H;;/q;;;;;2*+2/p-4. The zero-order valence-corrected chi connectivity index (χ0v) is 29.2. The Morgan fingerprint density at radius 3 is 1.30 bits per heavy atom. The van der Waals surface area contributed by atoms with Crippen LogP contribution >= 0.6 is 56.9 Å². The quantitative estimate of drug-likeness (QED) is 0.0988. The van der Waals surface area contributed by atoms with E-state index in [2.05, 4.69) is 129 Å². The second kappa shape index (κ2) is 13.5. The SMILES string of the molecule is Cc1cccc2c1nc(-n1cccn1)c1cc3c(cc12)c(-n1cccn1)nc1c(C)cccc13.[Br][Ni][Br].[Br][Ni][Br]. The second-order valence-corrected chi connectivity index (χ2v) is 18.7. The Morgan fingerprint density at radius 2 is 0.950 bits per heavy atom. The number of hydrogen-bond donors (Lipinski definition) is 0. The molecule has 0 N–H and O–H groups in total. The van der Waals surface area contributed by atoms with Crippen LogP contribution in [-0.4, -0.2) is 29.5 Å². The van der Waals surface area contributed by atoms with Crippen LogP contribution in [0.4, 0.5) is 0 Å². The number of para-hydroxylation sites is 2. The molecule has 0 amide bonds. The maximum atomic E-state index is 5.09. The summed E-state index contributed by atoms with van der Waals surface area (Å²) in [6.45, 7) is 4.20. The molecule has 210 valence electrons. The van der Waals surface area contributed by atoms with Crippen molar-refractivity contribution in [3.05, 3.63) is 96.6 Å². The Hall–Kier alpha value is -1.67. The molecular formula is C28H20Br4N6Ni2. The molecule has 0 saturated carbocycles. The minimum absolute atomic E-state index is 0.821. The molecule has 7 aromatic rings. The van der Waals surface area contributed by atoms with E-state index in [1.54, 1.807) is 12.4 Å². The molecule has 0 fully saturated rings. The van der Waals surface area contributed by atoms with Crippen molar-refractivity contribution in [2.24, 2.45) is 0 Å². The van der Waals surface area contributed by atoms with Crippen LogP contribution in [-0.2, 0) is 21.8 Å². The predicted octanol–water partition coefficient (Wildman–Crippen LogP) is 9.46. The van der Waals surface area contributed by atoms with Gasteiger partial charge in [-0.2, -0.15) is 10.2 Å². The molecule has 0 atom stereocenters. The van der Waals surface area contributed by atoms with Gasteiger partial charge in [0, 0.05) is 46.3 Å². The van der Waals surface area contributed by atoms with E-state index in [4.69, 9.17) is 9.97 Å². The van der Waals surface area contributed by atoms with Gasteiger partial charge >= 0.3 is 78.7 Å². The van der Waals surface area contributed by atoms with Crippen molar-refractivity contribution in [2.45, 2.75) is 13.8 Å². The molecule has 0 bridgehead atoms. The molecule has 40 heavy (non-hydrogen) atoms. The Bertz CT molecular complexity index is 1790. The van der Waals surface area contributed by atoms with E-state index in [0.29, 0.717) is 0 Å². The maximum absolute atomic E-state index is 5.09. The van der Waals surface area contributed by atoms with Gasteiger partial charge in [-0.25, -0.2) is 19.3 Å². The summed E-state index contributed by atoms with van der Waals surface area (Å²) < 4.78 is 3.70. The third-order valence-electron chi connectivity index (χ3n) is 6.57. The summed E-state index contributed by atoms with van der Waals surface area (Å²) in [4.78, 5) is 10.2. The Kier molecular flexibility index (Phi) is 10.1. The number of nitrogens with zero attached hydrogens (tertiary/aromatic N) is 6. The van der Waals surface area contributed by atoms with Gasteiger partial charge in [-0.05, 0) is 60.0 Å². The molecule has 0 saturated heterocycles. The first-order chi connectivity index (χ1) is 19.5. The van der Waals surface area contributed by atoms with Crippen LogP contribution in [0.5, 0.6) is 0 Å². The van der Waals surface area contributed by atoms with E-state index in [0.717, 1.165) is 66.1 Å². The van der Waals surface area contributed by atoms with Crippen LogP contribution in [0, 0.1) is 13.8 Å². The van der Waals surface area contributed by atoms with Gasteiger partial charge in [0.1, 0.15) is 0 Å². The van der Waals surface area contributed by atoms with E-state index in [-0.39, 0.29) is 0 Å². The molecule has 0 spiro atoms. The normalized spacial score (nSPS) is 11.2. The Labute approximate surface area is 271 Å². The molecule has 3 aromatic carbocycles. The first kappa shape index (κ1) is 29.8. The Morgan fingerprint density at radius 1 is 0.550 bits per heavy atom. The van der Waals surface area contributed by atoms with Crippen molar-refractivity contribution in [3.63, 3.8) is 0 Å². The van der Waals surface area contributed by atoms with E-state index in [1.165, 1.54) is 21.8 Å². The number of benzene rings is 3. The van der Waals surface area contributed by atoms with Crippen LogP contribution in [0.25, 0.3) is 55.0 Å². The van der Waals surface area contributed by atoms with Crippen LogP contribution < -0.4 is 0 Å². The van der Waals surface area contributed by atoms with Crippen LogP contribution in [0.3, 0.4) is 0 Å². The van der Waals surface area contributed by atoms with E-state index in [1.807, 2.05) is 33.9 Å². The summed E-state index contributed by atoms with van der Waals surface area (Å²) in [6, 6.07) is 21.0. The predicted molar refractivity (Wildman–Crippen MR) is 171 cm³/mol. The summed E-state index contributed by atoms with van der Waals surface area (Å²) >= 11 is 12.0. The molecule has 12 heteroatoms. The fourth-order valence-corrected chi connectivity index (χ4v) is 4.93. The molecule has 4 heterocycles. The van der Waals surface area contributed by atoms with Crippen molar-refractivity contribution < 1.29 is 21.8 Å². The second-order valence-electron chi connectivity index (χ2n) is 8.75. The number of aryl methyl sites for hydroxylation is 2. The number of halogens is 4. The van der Waals surface area contributed by atoms with Gasteiger partial charge in [-0.3, -0.25) is 0 Å². The number of aromatic nitrogens is 6. The topological polar surface area (TPSA) is 61.4 Å². The molecular weight excluding hydrogens is 857 g/mol. The number of pyridine rings is 2. The number of rotatable bonds is 2. The Balaban J connectivity index is 0.000000497. The average Bonchev–Trinajstić information content (AvgIpc) is 3.68. The molecule has 0 aliphatic carbocycles. The molecule has 0 aliphatic heterocycles. The van der Waals surface area contributed by atoms with Gasteiger partial charge in [0.2, 0.25) is 0 Å². The summed E-state index contributed by atoms with van der Waals surface area (Å²) in [6.07, 6.45) is 7.46. The van der Waals surface area contributed by atoms with Gasteiger partial charge < -0.3 is 0 Å². The van der Waals surface area contributed by atoms with Crippen molar-refractivity contribution in [3.8, 4) is 11.6 Å². The summed E-state index contributed by atoms with van der Waals surface area (Å²) in [5.41, 5.74) is 4.22. The van der Waals surface area contributed by atoms with E-state index >= 15 is 0 Å². The van der Waals surface area contributed by atoms with E-state index in [9.17, 15) is 0 Å². The van der Waals surface area contributed by atoms with Gasteiger partial charge in [0.25, 0.3) is 0 Å². The molecule has 0 unspecified atom stereocenters. The van der Waals surface area contributed by atoms with E-state index < -0.39 is 0 Å². The van der Waals surface area contributed by atoms with Gasteiger partial charge in [0.15, 0.2) is 11.6 Å². The number of fused-ring (bicyclic) bond motifs is 6. The van der Waals surface area contributed by atoms with Crippen molar-refractivity contribution in [1.29, 1.82) is 0 Å². The molecule has 0 aliphatic rings. The fraction of sp³-hybridized carbons (Fsp3) is 0.0714. The number of hydrogen-bond acceptors (Lipinski definition) is 4. The van der Waals surface area contributed by atoms with Crippen LogP contribution in [0.1, 0.15) is 11.1 Å². The molecule has 7 rings (SSSR count). The summed E-state index contributed by atoms with van der Waals surface area (Å²) in [5.74, 6) is 1.64. The molecule has 4 aromatic heterocycles. The van der Waals surface area contributed by atoms with Crippen molar-refractivity contribution in [2.75, 3.05) is 0 Å². The molecule has 0 radical (unpaired) electrons. The van der Waals surface area contributed by atoms with Gasteiger partial charge in [-0.15, -0.1) is 0 Å². The third kappa shape index (κ3) is 5.81. The average molecular weight is 878 g/mol. The zero-order valence-electron chi connectivity index (χ0n) is 20.9.